The fourth-order valence-corrected chi connectivity index (χ4v) is 2.31. The lowest BCUT2D eigenvalue weighted by atomic mass is 9.94. The topological polar surface area (TPSA) is 52.3 Å². The molecule has 0 aliphatic heterocycles. The van der Waals surface area contributed by atoms with Gasteiger partial charge in [-0.3, -0.25) is 4.79 Å². The smallest absolute Gasteiger partial charge is 0.193 e. The number of nitrogens with two attached hydrogens (primary N) is 1. The molecule has 3 nitrogen and oxygen atoms in total. The Kier molecular flexibility index (Phi) is 4.08. The second kappa shape index (κ2) is 5.78. The van der Waals surface area contributed by atoms with Crippen LogP contribution in [0.1, 0.15) is 34.0 Å². The summed E-state index contributed by atoms with van der Waals surface area (Å²) in [5.41, 5.74) is 9.54. The Morgan fingerprint density at radius 1 is 1.10 bits per heavy atom. The number of rotatable bonds is 4. The van der Waals surface area contributed by atoms with Crippen LogP contribution < -0.4 is 10.5 Å². The van der Waals surface area contributed by atoms with Gasteiger partial charge in [-0.15, -0.1) is 0 Å². The molecule has 0 aliphatic carbocycles. The van der Waals surface area contributed by atoms with Crippen LogP contribution in [0.3, 0.4) is 0 Å². The number of carbonyl (C=O) groups excluding carboxylic acids is 1. The van der Waals surface area contributed by atoms with Crippen LogP contribution in [0.2, 0.25) is 0 Å². The molecule has 0 saturated heterocycles. The lowest BCUT2D eigenvalue weighted by Gasteiger charge is -2.12. The average molecular weight is 269 g/mol. The summed E-state index contributed by atoms with van der Waals surface area (Å²) in [4.78, 5) is 12.6. The maximum Gasteiger partial charge on any atom is 0.193 e. The summed E-state index contributed by atoms with van der Waals surface area (Å²) in [5.74, 6) is 0.819. The van der Waals surface area contributed by atoms with Crippen LogP contribution >= 0.6 is 0 Å². The Hall–Kier alpha value is -2.29. The second-order valence-electron chi connectivity index (χ2n) is 4.82. The van der Waals surface area contributed by atoms with Crippen molar-refractivity contribution in [3.8, 4) is 5.75 Å². The van der Waals surface area contributed by atoms with Gasteiger partial charge in [0.2, 0.25) is 0 Å². The Balaban J connectivity index is 2.42. The fraction of sp³-hybridized carbons (Fsp3) is 0.235. The molecule has 20 heavy (non-hydrogen) atoms. The van der Waals surface area contributed by atoms with Gasteiger partial charge in [0.25, 0.3) is 0 Å². The van der Waals surface area contributed by atoms with Gasteiger partial charge in [0, 0.05) is 16.8 Å². The maximum atomic E-state index is 12.6. The van der Waals surface area contributed by atoms with Gasteiger partial charge in [-0.1, -0.05) is 0 Å². The van der Waals surface area contributed by atoms with Crippen LogP contribution in [0.4, 0.5) is 5.69 Å². The average Bonchev–Trinajstić information content (AvgIpc) is 2.39. The Morgan fingerprint density at radius 3 is 2.15 bits per heavy atom. The normalized spacial score (nSPS) is 10.3. The van der Waals surface area contributed by atoms with Crippen LogP contribution in [0.15, 0.2) is 36.4 Å². The number of anilines is 1. The third-order valence-electron chi connectivity index (χ3n) is 3.22. The molecule has 0 saturated carbocycles. The zero-order chi connectivity index (χ0) is 14.7. The van der Waals surface area contributed by atoms with Crippen molar-refractivity contribution in [3.05, 3.63) is 58.7 Å². The molecule has 0 bridgehead atoms. The lowest BCUT2D eigenvalue weighted by molar-refractivity contribution is 0.103. The van der Waals surface area contributed by atoms with Crippen molar-refractivity contribution in [2.45, 2.75) is 20.8 Å². The number of ether oxygens (including phenoxy) is 1. The molecule has 2 aromatic rings. The zero-order valence-corrected chi connectivity index (χ0v) is 12.1. The van der Waals surface area contributed by atoms with E-state index in [1.807, 2.05) is 32.9 Å². The highest BCUT2D eigenvalue weighted by Gasteiger charge is 2.15. The summed E-state index contributed by atoms with van der Waals surface area (Å²) in [5, 5.41) is 0. The minimum absolute atomic E-state index is 0.0167. The molecular formula is C17H19NO2. The molecule has 104 valence electrons. The summed E-state index contributed by atoms with van der Waals surface area (Å²) in [6.45, 7) is 6.42. The van der Waals surface area contributed by atoms with E-state index >= 15 is 0 Å². The van der Waals surface area contributed by atoms with Crippen molar-refractivity contribution in [1.29, 1.82) is 0 Å². The molecule has 0 amide bonds. The van der Waals surface area contributed by atoms with Crippen molar-refractivity contribution in [2.75, 3.05) is 12.3 Å². The van der Waals surface area contributed by atoms with Gasteiger partial charge >= 0.3 is 0 Å². The van der Waals surface area contributed by atoms with E-state index in [-0.39, 0.29) is 5.78 Å². The highest BCUT2D eigenvalue weighted by Crippen LogP contribution is 2.24. The molecule has 2 rings (SSSR count). The van der Waals surface area contributed by atoms with E-state index in [0.717, 1.165) is 22.4 Å². The van der Waals surface area contributed by atoms with Crippen LogP contribution in [-0.2, 0) is 0 Å². The molecule has 0 aliphatic rings. The summed E-state index contributed by atoms with van der Waals surface area (Å²) >= 11 is 0. The molecule has 2 aromatic carbocycles. The van der Waals surface area contributed by atoms with E-state index in [1.165, 1.54) is 0 Å². The van der Waals surface area contributed by atoms with Crippen molar-refractivity contribution in [2.24, 2.45) is 0 Å². The SMILES string of the molecule is CCOc1cc(C)c(C(=O)c2ccc(N)cc2)c(C)c1. The van der Waals surface area contributed by atoms with Crippen LogP contribution in [0.25, 0.3) is 0 Å². The quantitative estimate of drug-likeness (QED) is 0.682. The molecule has 0 heterocycles. The van der Waals surface area contributed by atoms with E-state index in [4.69, 9.17) is 10.5 Å². The number of aryl methyl sites for hydroxylation is 2. The third-order valence-corrected chi connectivity index (χ3v) is 3.22. The standard InChI is InChI=1S/C17H19NO2/c1-4-20-15-9-11(2)16(12(3)10-15)17(19)13-5-7-14(18)8-6-13/h5-10H,4,18H2,1-3H3. The molecule has 0 radical (unpaired) electrons. The molecular weight excluding hydrogens is 250 g/mol. The highest BCUT2D eigenvalue weighted by molar-refractivity contribution is 6.11. The van der Waals surface area contributed by atoms with Crippen molar-refractivity contribution in [3.63, 3.8) is 0 Å². The lowest BCUT2D eigenvalue weighted by Crippen LogP contribution is -2.07. The van der Waals surface area contributed by atoms with E-state index in [1.54, 1.807) is 24.3 Å². The van der Waals surface area contributed by atoms with Crippen molar-refractivity contribution in [1.82, 2.24) is 0 Å². The second-order valence-corrected chi connectivity index (χ2v) is 4.82. The fourth-order valence-electron chi connectivity index (χ4n) is 2.31. The van der Waals surface area contributed by atoms with Crippen molar-refractivity contribution >= 4 is 11.5 Å². The number of ketones is 1. The first-order chi connectivity index (χ1) is 9.52. The predicted molar refractivity (Wildman–Crippen MR) is 81.4 cm³/mol. The van der Waals surface area contributed by atoms with E-state index in [9.17, 15) is 4.79 Å². The summed E-state index contributed by atoms with van der Waals surface area (Å²) in [7, 11) is 0. The third kappa shape index (κ3) is 2.82. The first-order valence-electron chi connectivity index (χ1n) is 6.67. The zero-order valence-electron chi connectivity index (χ0n) is 12.1. The molecule has 3 heteroatoms. The number of hydrogen-bond acceptors (Lipinski definition) is 3. The Bertz CT molecular complexity index is 607. The summed E-state index contributed by atoms with van der Waals surface area (Å²) < 4.78 is 5.50. The molecule has 0 fully saturated rings. The van der Waals surface area contributed by atoms with E-state index in [0.29, 0.717) is 17.9 Å². The van der Waals surface area contributed by atoms with Crippen LogP contribution in [0, 0.1) is 13.8 Å². The number of benzene rings is 2. The number of hydrogen-bond donors (Lipinski definition) is 1. The van der Waals surface area contributed by atoms with E-state index in [2.05, 4.69) is 0 Å². The maximum absolute atomic E-state index is 12.6. The van der Waals surface area contributed by atoms with Crippen molar-refractivity contribution < 1.29 is 9.53 Å². The van der Waals surface area contributed by atoms with Gasteiger partial charge < -0.3 is 10.5 Å². The minimum Gasteiger partial charge on any atom is -0.494 e. The van der Waals surface area contributed by atoms with Crippen LogP contribution in [-0.4, -0.2) is 12.4 Å². The van der Waals surface area contributed by atoms with Gasteiger partial charge in [-0.2, -0.15) is 0 Å². The highest BCUT2D eigenvalue weighted by atomic mass is 16.5. The van der Waals surface area contributed by atoms with Gasteiger partial charge in [-0.25, -0.2) is 0 Å². The first kappa shape index (κ1) is 14.1. The number of nitrogen functional groups attached to an aromatic ring is 1. The molecule has 2 N–H and O–H groups in total. The van der Waals surface area contributed by atoms with Gasteiger partial charge in [-0.05, 0) is 68.3 Å². The van der Waals surface area contributed by atoms with E-state index < -0.39 is 0 Å². The van der Waals surface area contributed by atoms with Gasteiger partial charge in [0.05, 0.1) is 6.61 Å². The minimum atomic E-state index is 0.0167. The largest absolute Gasteiger partial charge is 0.494 e. The Labute approximate surface area is 119 Å². The Morgan fingerprint density at radius 2 is 1.65 bits per heavy atom. The molecule has 0 atom stereocenters. The van der Waals surface area contributed by atoms with Gasteiger partial charge in [0.1, 0.15) is 5.75 Å². The summed E-state index contributed by atoms with van der Waals surface area (Å²) in [6, 6.07) is 10.8. The predicted octanol–water partition coefficient (Wildman–Crippen LogP) is 3.52. The molecule has 0 unspecified atom stereocenters. The number of carbonyl (C=O) groups is 1. The molecule has 0 aromatic heterocycles. The first-order valence-corrected chi connectivity index (χ1v) is 6.67. The van der Waals surface area contributed by atoms with Crippen LogP contribution in [0.5, 0.6) is 5.75 Å². The summed E-state index contributed by atoms with van der Waals surface area (Å²) in [6.07, 6.45) is 0. The monoisotopic (exact) mass is 269 g/mol. The molecule has 0 spiro atoms. The van der Waals surface area contributed by atoms with Gasteiger partial charge in [0.15, 0.2) is 5.78 Å².